The fourth-order valence-electron chi connectivity index (χ4n) is 2.08. The van der Waals surface area contributed by atoms with E-state index in [1.165, 1.54) is 25.7 Å². The molecule has 94 valence electrons. The molecule has 1 N–H and O–H groups in total. The standard InChI is InChI=1S/C13H25NO2/c1-3-4-5-6-7-8-12(14-2)13-11-15-9-10-16-13/h3,12-14H,1,4-11H2,2H3. The van der Waals surface area contributed by atoms with E-state index in [9.17, 15) is 0 Å². The van der Waals surface area contributed by atoms with Crippen molar-refractivity contribution in [3.63, 3.8) is 0 Å². The van der Waals surface area contributed by atoms with Crippen molar-refractivity contribution in [3.05, 3.63) is 12.7 Å². The number of rotatable bonds is 8. The van der Waals surface area contributed by atoms with Crippen LogP contribution >= 0.6 is 0 Å². The molecule has 0 aromatic rings. The molecule has 1 aliphatic rings. The minimum Gasteiger partial charge on any atom is -0.376 e. The van der Waals surface area contributed by atoms with Crippen LogP contribution in [0.1, 0.15) is 32.1 Å². The van der Waals surface area contributed by atoms with Gasteiger partial charge in [0.05, 0.1) is 25.9 Å². The van der Waals surface area contributed by atoms with Gasteiger partial charge in [0.2, 0.25) is 0 Å². The molecule has 2 atom stereocenters. The average Bonchev–Trinajstić information content (AvgIpc) is 2.35. The quantitative estimate of drug-likeness (QED) is 0.509. The summed E-state index contributed by atoms with van der Waals surface area (Å²) >= 11 is 0. The maximum atomic E-state index is 5.71. The second kappa shape index (κ2) is 8.74. The van der Waals surface area contributed by atoms with Gasteiger partial charge in [-0.3, -0.25) is 0 Å². The van der Waals surface area contributed by atoms with Crippen molar-refractivity contribution in [2.45, 2.75) is 44.2 Å². The molecule has 3 heteroatoms. The molecule has 1 aliphatic heterocycles. The van der Waals surface area contributed by atoms with Gasteiger partial charge in [0.1, 0.15) is 0 Å². The molecule has 0 aromatic carbocycles. The SMILES string of the molecule is C=CCCCCCC(NC)C1COCCO1. The summed E-state index contributed by atoms with van der Waals surface area (Å²) < 4.78 is 11.1. The highest BCUT2D eigenvalue weighted by Crippen LogP contribution is 2.13. The third-order valence-corrected chi connectivity index (χ3v) is 3.08. The van der Waals surface area contributed by atoms with Gasteiger partial charge in [-0.25, -0.2) is 0 Å². The molecule has 0 spiro atoms. The molecular weight excluding hydrogens is 202 g/mol. The largest absolute Gasteiger partial charge is 0.376 e. The zero-order valence-corrected chi connectivity index (χ0v) is 10.4. The van der Waals surface area contributed by atoms with Crippen LogP contribution in [0.5, 0.6) is 0 Å². The molecule has 0 aromatic heterocycles. The van der Waals surface area contributed by atoms with E-state index >= 15 is 0 Å². The summed E-state index contributed by atoms with van der Waals surface area (Å²) in [6.45, 7) is 5.95. The highest BCUT2D eigenvalue weighted by atomic mass is 16.6. The zero-order chi connectivity index (χ0) is 11.6. The second-order valence-electron chi connectivity index (χ2n) is 4.31. The number of nitrogens with one attached hydrogen (secondary N) is 1. The second-order valence-corrected chi connectivity index (χ2v) is 4.31. The Hall–Kier alpha value is -0.380. The average molecular weight is 227 g/mol. The van der Waals surface area contributed by atoms with Crippen LogP contribution in [-0.2, 0) is 9.47 Å². The summed E-state index contributed by atoms with van der Waals surface area (Å²) in [5, 5.41) is 3.34. The van der Waals surface area contributed by atoms with E-state index in [2.05, 4.69) is 11.9 Å². The van der Waals surface area contributed by atoms with Crippen LogP contribution in [0.15, 0.2) is 12.7 Å². The van der Waals surface area contributed by atoms with Crippen molar-refractivity contribution >= 4 is 0 Å². The van der Waals surface area contributed by atoms with E-state index in [0.29, 0.717) is 6.04 Å². The van der Waals surface area contributed by atoms with Crippen LogP contribution in [0.3, 0.4) is 0 Å². The minimum atomic E-state index is 0.234. The highest BCUT2D eigenvalue weighted by Gasteiger charge is 2.23. The van der Waals surface area contributed by atoms with Crippen molar-refractivity contribution in [2.75, 3.05) is 26.9 Å². The van der Waals surface area contributed by atoms with Crippen LogP contribution < -0.4 is 5.32 Å². The zero-order valence-electron chi connectivity index (χ0n) is 10.4. The van der Waals surface area contributed by atoms with Crippen LogP contribution in [0.4, 0.5) is 0 Å². The molecule has 0 bridgehead atoms. The molecule has 1 heterocycles. The lowest BCUT2D eigenvalue weighted by molar-refractivity contribution is -0.102. The first-order valence-corrected chi connectivity index (χ1v) is 6.36. The summed E-state index contributed by atoms with van der Waals surface area (Å²) in [6, 6.07) is 0.434. The first-order valence-electron chi connectivity index (χ1n) is 6.36. The van der Waals surface area contributed by atoms with Gasteiger partial charge in [-0.15, -0.1) is 6.58 Å². The van der Waals surface area contributed by atoms with Gasteiger partial charge in [0, 0.05) is 6.04 Å². The number of ether oxygens (including phenoxy) is 2. The van der Waals surface area contributed by atoms with E-state index in [1.54, 1.807) is 0 Å². The molecule has 0 saturated carbocycles. The van der Waals surface area contributed by atoms with Crippen LogP contribution in [0, 0.1) is 0 Å². The van der Waals surface area contributed by atoms with E-state index in [0.717, 1.165) is 26.2 Å². The van der Waals surface area contributed by atoms with Gasteiger partial charge in [-0.1, -0.05) is 18.9 Å². The van der Waals surface area contributed by atoms with Gasteiger partial charge in [-0.2, -0.15) is 0 Å². The number of hydrogen-bond acceptors (Lipinski definition) is 3. The topological polar surface area (TPSA) is 30.5 Å². The first kappa shape index (κ1) is 13.7. The predicted molar refractivity (Wildman–Crippen MR) is 66.7 cm³/mol. The van der Waals surface area contributed by atoms with Gasteiger partial charge < -0.3 is 14.8 Å². The number of hydrogen-bond donors (Lipinski definition) is 1. The Morgan fingerprint density at radius 1 is 1.38 bits per heavy atom. The van der Waals surface area contributed by atoms with E-state index in [4.69, 9.17) is 9.47 Å². The number of allylic oxidation sites excluding steroid dienone is 1. The molecule has 16 heavy (non-hydrogen) atoms. The van der Waals surface area contributed by atoms with Crippen molar-refractivity contribution in [3.8, 4) is 0 Å². The Bertz CT molecular complexity index is 179. The van der Waals surface area contributed by atoms with Crippen LogP contribution in [0.2, 0.25) is 0 Å². The number of unbranched alkanes of at least 4 members (excludes halogenated alkanes) is 3. The maximum absolute atomic E-state index is 5.71. The lowest BCUT2D eigenvalue weighted by atomic mass is 10.0. The lowest BCUT2D eigenvalue weighted by Crippen LogP contribution is -2.45. The third-order valence-electron chi connectivity index (χ3n) is 3.08. The van der Waals surface area contributed by atoms with Gasteiger partial charge in [0.15, 0.2) is 0 Å². The van der Waals surface area contributed by atoms with Crippen molar-refractivity contribution in [2.24, 2.45) is 0 Å². The van der Waals surface area contributed by atoms with Gasteiger partial charge in [-0.05, 0) is 26.3 Å². The fourth-order valence-corrected chi connectivity index (χ4v) is 2.08. The lowest BCUT2D eigenvalue weighted by Gasteiger charge is -2.30. The normalized spacial score (nSPS) is 22.9. The molecular formula is C13H25NO2. The summed E-state index contributed by atoms with van der Waals surface area (Å²) in [5.74, 6) is 0. The molecule has 1 rings (SSSR count). The summed E-state index contributed by atoms with van der Waals surface area (Å²) in [5.41, 5.74) is 0. The predicted octanol–water partition coefficient (Wildman–Crippen LogP) is 2.13. The Labute approximate surface area is 99.2 Å². The molecule has 3 nitrogen and oxygen atoms in total. The van der Waals surface area contributed by atoms with Gasteiger partial charge >= 0.3 is 0 Å². The van der Waals surface area contributed by atoms with Crippen molar-refractivity contribution in [1.29, 1.82) is 0 Å². The third kappa shape index (κ3) is 5.10. The van der Waals surface area contributed by atoms with E-state index < -0.39 is 0 Å². The number of likely N-dealkylation sites (N-methyl/N-ethyl adjacent to an activating group) is 1. The monoisotopic (exact) mass is 227 g/mol. The van der Waals surface area contributed by atoms with Crippen molar-refractivity contribution in [1.82, 2.24) is 5.32 Å². The molecule has 1 saturated heterocycles. The molecule has 1 fully saturated rings. The first-order chi connectivity index (χ1) is 7.88. The Kier molecular flexibility index (Phi) is 7.47. The Balaban J connectivity index is 2.12. The Morgan fingerprint density at radius 2 is 2.25 bits per heavy atom. The molecule has 2 unspecified atom stereocenters. The van der Waals surface area contributed by atoms with Crippen LogP contribution in [-0.4, -0.2) is 39.0 Å². The smallest absolute Gasteiger partial charge is 0.0961 e. The minimum absolute atomic E-state index is 0.234. The summed E-state index contributed by atoms with van der Waals surface area (Å²) in [7, 11) is 2.01. The van der Waals surface area contributed by atoms with Gasteiger partial charge in [0.25, 0.3) is 0 Å². The van der Waals surface area contributed by atoms with E-state index in [1.807, 2.05) is 13.1 Å². The molecule has 0 radical (unpaired) electrons. The van der Waals surface area contributed by atoms with Crippen molar-refractivity contribution < 1.29 is 9.47 Å². The molecule has 0 aliphatic carbocycles. The maximum Gasteiger partial charge on any atom is 0.0961 e. The Morgan fingerprint density at radius 3 is 2.88 bits per heavy atom. The molecule has 0 amide bonds. The fraction of sp³-hybridized carbons (Fsp3) is 0.846. The van der Waals surface area contributed by atoms with E-state index in [-0.39, 0.29) is 6.10 Å². The summed E-state index contributed by atoms with van der Waals surface area (Å²) in [6.07, 6.45) is 8.31. The summed E-state index contributed by atoms with van der Waals surface area (Å²) in [4.78, 5) is 0. The van der Waals surface area contributed by atoms with Crippen LogP contribution in [0.25, 0.3) is 0 Å². The highest BCUT2D eigenvalue weighted by molar-refractivity contribution is 4.77.